The van der Waals surface area contributed by atoms with Gasteiger partial charge in [-0.2, -0.15) is 8.78 Å². The first-order valence-electron chi connectivity index (χ1n) is 9.01. The number of nitrogens with zero attached hydrogens (tertiary/aromatic N) is 2. The van der Waals surface area contributed by atoms with Crippen LogP contribution < -0.4 is 20.1 Å². The molecule has 0 amide bonds. The Kier molecular flexibility index (Phi) is 8.43. The largest absolute Gasteiger partial charge is 0.490 e. The zero-order chi connectivity index (χ0) is 20.5. The van der Waals surface area contributed by atoms with Crippen molar-refractivity contribution in [2.75, 3.05) is 20.2 Å². The summed E-state index contributed by atoms with van der Waals surface area (Å²) in [5.74, 6) is 0.905. The number of alkyl halides is 2. The lowest BCUT2D eigenvalue weighted by Crippen LogP contribution is -2.38. The topological polar surface area (TPSA) is 67.8 Å². The third kappa shape index (κ3) is 6.33. The molecule has 0 aliphatic carbocycles. The Bertz CT molecular complexity index is 796. The molecular weight excluding hydrogens is 386 g/mol. The van der Waals surface area contributed by atoms with Crippen LogP contribution in [0.1, 0.15) is 28.1 Å². The first-order valence-corrected chi connectivity index (χ1v) is 9.83. The van der Waals surface area contributed by atoms with Crippen LogP contribution in [0.4, 0.5) is 8.78 Å². The second kappa shape index (κ2) is 10.8. The maximum atomic E-state index is 12.8. The molecule has 0 bridgehead atoms. The molecule has 0 spiro atoms. The van der Waals surface area contributed by atoms with Gasteiger partial charge in [0.25, 0.3) is 0 Å². The Balaban J connectivity index is 1.97. The molecule has 1 aromatic carbocycles. The van der Waals surface area contributed by atoms with Crippen LogP contribution in [-0.4, -0.2) is 37.8 Å². The van der Waals surface area contributed by atoms with Gasteiger partial charge in [0.05, 0.1) is 17.3 Å². The lowest BCUT2D eigenvalue weighted by Gasteiger charge is -2.17. The number of guanidine groups is 1. The van der Waals surface area contributed by atoms with Crippen molar-refractivity contribution in [3.8, 4) is 11.5 Å². The standard InChI is InChI=1S/C19H26F2N4O2S/c1-5-26-15-8-6-7-14(17(15)27-18(20)21)11-24-19(22-4)23-10-9-16-12(2)25-13(3)28-16/h6-8,18H,5,9-11H2,1-4H3,(H2,22,23,24). The van der Waals surface area contributed by atoms with E-state index in [-0.39, 0.29) is 12.3 Å². The summed E-state index contributed by atoms with van der Waals surface area (Å²) in [4.78, 5) is 9.83. The molecule has 154 valence electrons. The molecular formula is C19H26F2N4O2S. The minimum Gasteiger partial charge on any atom is -0.490 e. The highest BCUT2D eigenvalue weighted by Crippen LogP contribution is 2.32. The van der Waals surface area contributed by atoms with Gasteiger partial charge in [-0.1, -0.05) is 12.1 Å². The van der Waals surface area contributed by atoms with Crippen LogP contribution in [0.5, 0.6) is 11.5 Å². The Morgan fingerprint density at radius 3 is 2.68 bits per heavy atom. The van der Waals surface area contributed by atoms with Crippen molar-refractivity contribution in [3.63, 3.8) is 0 Å². The second-order valence-electron chi connectivity index (χ2n) is 5.90. The number of para-hydroxylation sites is 1. The summed E-state index contributed by atoms with van der Waals surface area (Å²) in [5.41, 5.74) is 1.61. The zero-order valence-corrected chi connectivity index (χ0v) is 17.3. The van der Waals surface area contributed by atoms with E-state index in [0.29, 0.717) is 30.4 Å². The predicted molar refractivity (Wildman–Crippen MR) is 108 cm³/mol. The monoisotopic (exact) mass is 412 g/mol. The molecule has 2 N–H and O–H groups in total. The van der Waals surface area contributed by atoms with Crippen molar-refractivity contribution in [3.05, 3.63) is 39.3 Å². The maximum absolute atomic E-state index is 12.8. The molecule has 2 aromatic rings. The van der Waals surface area contributed by atoms with Gasteiger partial charge in [0, 0.05) is 37.0 Å². The Morgan fingerprint density at radius 2 is 2.07 bits per heavy atom. The minimum atomic E-state index is -2.93. The zero-order valence-electron chi connectivity index (χ0n) is 16.5. The highest BCUT2D eigenvalue weighted by molar-refractivity contribution is 7.11. The molecule has 0 unspecified atom stereocenters. The van der Waals surface area contributed by atoms with Gasteiger partial charge in [-0.3, -0.25) is 4.99 Å². The third-order valence-corrected chi connectivity index (χ3v) is 5.01. The number of aliphatic imine (C=N–C) groups is 1. The average molecular weight is 413 g/mol. The highest BCUT2D eigenvalue weighted by atomic mass is 32.1. The quantitative estimate of drug-likeness (QED) is 0.486. The summed E-state index contributed by atoms with van der Waals surface area (Å²) in [6.45, 7) is 4.16. The molecule has 0 saturated carbocycles. The summed E-state index contributed by atoms with van der Waals surface area (Å²) in [7, 11) is 1.66. The Morgan fingerprint density at radius 1 is 1.29 bits per heavy atom. The van der Waals surface area contributed by atoms with Crippen molar-refractivity contribution in [1.82, 2.24) is 15.6 Å². The molecule has 0 saturated heterocycles. The minimum absolute atomic E-state index is 0.0399. The first-order chi connectivity index (χ1) is 13.4. The van der Waals surface area contributed by atoms with E-state index in [1.54, 1.807) is 43.5 Å². The SMILES string of the molecule is CCOc1cccc(CNC(=NC)NCCc2sc(C)nc2C)c1OC(F)F. The molecule has 0 atom stereocenters. The van der Waals surface area contributed by atoms with E-state index in [0.717, 1.165) is 17.1 Å². The molecule has 0 aliphatic heterocycles. The summed E-state index contributed by atoms with van der Waals surface area (Å²) >= 11 is 1.68. The normalized spacial score (nSPS) is 11.6. The fourth-order valence-electron chi connectivity index (χ4n) is 2.69. The van der Waals surface area contributed by atoms with E-state index in [2.05, 4.69) is 25.3 Å². The fraction of sp³-hybridized carbons (Fsp3) is 0.474. The molecule has 1 aromatic heterocycles. The van der Waals surface area contributed by atoms with Crippen LogP contribution in [-0.2, 0) is 13.0 Å². The number of aryl methyl sites for hydroxylation is 2. The van der Waals surface area contributed by atoms with Crippen LogP contribution in [0.15, 0.2) is 23.2 Å². The Labute approximate surface area is 168 Å². The highest BCUT2D eigenvalue weighted by Gasteiger charge is 2.16. The number of benzene rings is 1. The van der Waals surface area contributed by atoms with Gasteiger partial charge in [-0.15, -0.1) is 11.3 Å². The number of hydrogen-bond acceptors (Lipinski definition) is 5. The molecule has 0 aliphatic rings. The molecule has 28 heavy (non-hydrogen) atoms. The van der Waals surface area contributed by atoms with Crippen LogP contribution in [0.25, 0.3) is 0 Å². The molecule has 9 heteroatoms. The van der Waals surface area contributed by atoms with Crippen LogP contribution in [0.3, 0.4) is 0 Å². The van der Waals surface area contributed by atoms with Gasteiger partial charge in [0.2, 0.25) is 0 Å². The van der Waals surface area contributed by atoms with Crippen molar-refractivity contribution >= 4 is 17.3 Å². The number of hydrogen-bond donors (Lipinski definition) is 2. The number of nitrogens with one attached hydrogen (secondary N) is 2. The van der Waals surface area contributed by atoms with Gasteiger partial charge in [-0.05, 0) is 26.8 Å². The average Bonchev–Trinajstić information content (AvgIpc) is 2.97. The van der Waals surface area contributed by atoms with Crippen molar-refractivity contribution < 1.29 is 18.3 Å². The molecule has 0 fully saturated rings. The number of halogens is 2. The summed E-state index contributed by atoms with van der Waals surface area (Å²) < 4.78 is 35.7. The summed E-state index contributed by atoms with van der Waals surface area (Å²) in [6, 6.07) is 5.06. The second-order valence-corrected chi connectivity index (χ2v) is 7.19. The van der Waals surface area contributed by atoms with E-state index in [9.17, 15) is 8.78 Å². The van der Waals surface area contributed by atoms with Crippen molar-refractivity contribution in [2.45, 2.75) is 40.3 Å². The third-order valence-electron chi connectivity index (χ3n) is 3.88. The molecule has 0 radical (unpaired) electrons. The number of ether oxygens (including phenoxy) is 2. The van der Waals surface area contributed by atoms with E-state index in [1.165, 1.54) is 4.88 Å². The molecule has 2 rings (SSSR count). The number of aromatic nitrogens is 1. The van der Waals surface area contributed by atoms with Gasteiger partial charge in [0.1, 0.15) is 0 Å². The molecule has 1 heterocycles. The van der Waals surface area contributed by atoms with E-state index in [4.69, 9.17) is 4.74 Å². The van der Waals surface area contributed by atoms with Crippen LogP contribution in [0.2, 0.25) is 0 Å². The van der Waals surface area contributed by atoms with Crippen molar-refractivity contribution in [2.24, 2.45) is 4.99 Å². The smallest absolute Gasteiger partial charge is 0.387 e. The first kappa shape index (κ1) is 21.9. The van der Waals surface area contributed by atoms with Gasteiger partial charge >= 0.3 is 6.61 Å². The lowest BCUT2D eigenvalue weighted by atomic mass is 10.2. The Hall–Kier alpha value is -2.42. The van der Waals surface area contributed by atoms with Gasteiger partial charge in [0.15, 0.2) is 17.5 Å². The van der Waals surface area contributed by atoms with E-state index < -0.39 is 6.61 Å². The summed E-state index contributed by atoms with van der Waals surface area (Å²) in [5, 5.41) is 7.39. The van der Waals surface area contributed by atoms with Gasteiger partial charge in [-0.25, -0.2) is 4.98 Å². The number of rotatable bonds is 9. The van der Waals surface area contributed by atoms with E-state index >= 15 is 0 Å². The van der Waals surface area contributed by atoms with Crippen LogP contribution in [0, 0.1) is 13.8 Å². The van der Waals surface area contributed by atoms with E-state index in [1.807, 2.05) is 13.8 Å². The predicted octanol–water partition coefficient (Wildman–Crippen LogP) is 3.67. The maximum Gasteiger partial charge on any atom is 0.387 e. The van der Waals surface area contributed by atoms with Crippen LogP contribution >= 0.6 is 11.3 Å². The van der Waals surface area contributed by atoms with Crippen molar-refractivity contribution in [1.29, 1.82) is 0 Å². The lowest BCUT2D eigenvalue weighted by molar-refractivity contribution is -0.0520. The summed E-state index contributed by atoms with van der Waals surface area (Å²) in [6.07, 6.45) is 0.831. The van der Waals surface area contributed by atoms with Gasteiger partial charge < -0.3 is 20.1 Å². The fourth-order valence-corrected chi connectivity index (χ4v) is 3.63. The molecule has 6 nitrogen and oxygen atoms in total. The number of thiazole rings is 1.